The van der Waals surface area contributed by atoms with Gasteiger partial charge in [-0.3, -0.25) is 4.79 Å². The van der Waals surface area contributed by atoms with Crippen molar-refractivity contribution < 1.29 is 17.9 Å². The molecule has 3 aromatic rings. The first-order valence-corrected chi connectivity index (χ1v) is 13.1. The van der Waals surface area contributed by atoms with E-state index in [1.54, 1.807) is 18.2 Å². The van der Waals surface area contributed by atoms with Crippen LogP contribution < -0.4 is 10.1 Å². The molecule has 0 aromatic heterocycles. The molecule has 1 heterocycles. The van der Waals surface area contributed by atoms with Gasteiger partial charge in [0.1, 0.15) is 17.3 Å². The maximum Gasteiger partial charge on any atom is 0.244 e. The third-order valence-corrected chi connectivity index (χ3v) is 8.32. The molecule has 0 unspecified atom stereocenters. The summed E-state index contributed by atoms with van der Waals surface area (Å²) < 4.78 is 33.1. The number of hydrogen-bond donors (Lipinski definition) is 1. The lowest BCUT2D eigenvalue weighted by Gasteiger charge is -2.30. The van der Waals surface area contributed by atoms with E-state index in [0.717, 1.165) is 5.56 Å². The fraction of sp³-hybridized carbons (Fsp3) is 0.240. The van der Waals surface area contributed by atoms with Crippen LogP contribution in [-0.4, -0.2) is 31.7 Å². The number of carbonyl (C=O) groups is 1. The number of amides is 1. The number of benzene rings is 3. The quantitative estimate of drug-likeness (QED) is 0.440. The Bertz CT molecular complexity index is 1240. The van der Waals surface area contributed by atoms with Crippen molar-refractivity contribution in [1.29, 1.82) is 0 Å². The molecule has 0 atom stereocenters. The SMILES string of the molecule is O=C(Nc1ccc(OCc2ccccc2)cc1)C1CCN(S(=O)(=O)c2cc(Cl)ccc2Cl)CC1. The van der Waals surface area contributed by atoms with Crippen LogP contribution in [0.25, 0.3) is 0 Å². The summed E-state index contributed by atoms with van der Waals surface area (Å²) in [5, 5.41) is 3.34. The van der Waals surface area contributed by atoms with Gasteiger partial charge >= 0.3 is 0 Å². The summed E-state index contributed by atoms with van der Waals surface area (Å²) in [6, 6.07) is 21.4. The van der Waals surface area contributed by atoms with E-state index >= 15 is 0 Å². The summed E-state index contributed by atoms with van der Waals surface area (Å²) in [6.07, 6.45) is 0.836. The average molecular weight is 519 g/mol. The molecule has 1 aliphatic rings. The van der Waals surface area contributed by atoms with Gasteiger partial charge in [-0.1, -0.05) is 53.5 Å². The third-order valence-electron chi connectivity index (χ3n) is 5.71. The van der Waals surface area contributed by atoms with Crippen molar-refractivity contribution in [2.45, 2.75) is 24.3 Å². The van der Waals surface area contributed by atoms with Crippen LogP contribution in [-0.2, 0) is 21.4 Å². The minimum Gasteiger partial charge on any atom is -0.489 e. The number of piperidine rings is 1. The normalized spacial score (nSPS) is 15.1. The second-order valence-corrected chi connectivity index (χ2v) is 10.8. The van der Waals surface area contributed by atoms with Crippen molar-refractivity contribution in [3.63, 3.8) is 0 Å². The van der Waals surface area contributed by atoms with Crippen LogP contribution in [0, 0.1) is 5.92 Å². The zero-order valence-electron chi connectivity index (χ0n) is 18.3. The summed E-state index contributed by atoms with van der Waals surface area (Å²) in [7, 11) is -3.78. The van der Waals surface area contributed by atoms with Crippen LogP contribution in [0.3, 0.4) is 0 Å². The minimum atomic E-state index is -3.78. The summed E-state index contributed by atoms with van der Waals surface area (Å²) in [5.41, 5.74) is 1.74. The van der Waals surface area contributed by atoms with E-state index in [9.17, 15) is 13.2 Å². The molecule has 0 bridgehead atoms. The molecule has 1 amide bonds. The maximum absolute atomic E-state index is 13.0. The molecule has 9 heteroatoms. The highest BCUT2D eigenvalue weighted by molar-refractivity contribution is 7.89. The molecule has 178 valence electrons. The van der Waals surface area contributed by atoms with Crippen molar-refractivity contribution in [3.05, 3.63) is 88.4 Å². The molecule has 1 aliphatic heterocycles. The van der Waals surface area contributed by atoms with Crippen LogP contribution in [0.5, 0.6) is 5.75 Å². The van der Waals surface area contributed by atoms with E-state index in [1.165, 1.54) is 16.4 Å². The standard InChI is InChI=1S/C25H24Cl2N2O4S/c26-20-6-11-23(27)24(16-20)34(31,32)29-14-12-19(13-15-29)25(30)28-21-7-9-22(10-8-21)33-17-18-4-2-1-3-5-18/h1-11,16,19H,12-15,17H2,(H,28,30). The molecule has 0 saturated carbocycles. The summed E-state index contributed by atoms with van der Waals surface area (Å²) in [5.74, 6) is 0.297. The highest BCUT2D eigenvalue weighted by Gasteiger charge is 2.33. The lowest BCUT2D eigenvalue weighted by atomic mass is 9.97. The zero-order chi connectivity index (χ0) is 24.1. The number of anilines is 1. The summed E-state index contributed by atoms with van der Waals surface area (Å²) in [4.78, 5) is 12.7. The summed E-state index contributed by atoms with van der Waals surface area (Å²) >= 11 is 12.1. The zero-order valence-corrected chi connectivity index (χ0v) is 20.6. The number of carbonyl (C=O) groups excluding carboxylic acids is 1. The molecule has 34 heavy (non-hydrogen) atoms. The summed E-state index contributed by atoms with van der Waals surface area (Å²) in [6.45, 7) is 0.930. The predicted molar refractivity (Wildman–Crippen MR) is 134 cm³/mol. The Labute approximate surface area is 209 Å². The first-order chi connectivity index (χ1) is 16.3. The molecule has 1 saturated heterocycles. The Morgan fingerprint density at radius 3 is 2.32 bits per heavy atom. The van der Waals surface area contributed by atoms with Crippen molar-refractivity contribution in [3.8, 4) is 5.75 Å². The van der Waals surface area contributed by atoms with Crippen molar-refractivity contribution >= 4 is 44.8 Å². The Hall–Kier alpha value is -2.58. The van der Waals surface area contributed by atoms with Gasteiger partial charge in [0, 0.05) is 29.7 Å². The van der Waals surface area contributed by atoms with Crippen molar-refractivity contribution in [2.75, 3.05) is 18.4 Å². The van der Waals surface area contributed by atoms with Gasteiger partial charge in [-0.25, -0.2) is 8.42 Å². The van der Waals surface area contributed by atoms with Gasteiger partial charge in [-0.05, 0) is 60.9 Å². The van der Waals surface area contributed by atoms with Crippen molar-refractivity contribution in [1.82, 2.24) is 4.31 Å². The fourth-order valence-corrected chi connectivity index (χ4v) is 6.00. The van der Waals surface area contributed by atoms with Crippen LogP contribution in [0.4, 0.5) is 5.69 Å². The number of rotatable bonds is 7. The Morgan fingerprint density at radius 1 is 0.971 bits per heavy atom. The largest absolute Gasteiger partial charge is 0.489 e. The molecular formula is C25H24Cl2N2O4S. The first kappa shape index (κ1) is 24.5. The topological polar surface area (TPSA) is 75.7 Å². The second-order valence-electron chi connectivity index (χ2n) is 8.04. The molecule has 3 aromatic carbocycles. The van der Waals surface area contributed by atoms with Crippen molar-refractivity contribution in [2.24, 2.45) is 5.92 Å². The number of ether oxygens (including phenoxy) is 1. The Balaban J connectivity index is 1.30. The monoisotopic (exact) mass is 518 g/mol. The number of nitrogens with one attached hydrogen (secondary N) is 1. The smallest absolute Gasteiger partial charge is 0.244 e. The molecular weight excluding hydrogens is 495 g/mol. The molecule has 6 nitrogen and oxygen atoms in total. The number of halogens is 2. The Kier molecular flexibility index (Phi) is 7.78. The lowest BCUT2D eigenvalue weighted by molar-refractivity contribution is -0.120. The minimum absolute atomic E-state index is 0.0147. The number of hydrogen-bond acceptors (Lipinski definition) is 4. The predicted octanol–water partition coefficient (Wildman–Crippen LogP) is 5.61. The van der Waals surface area contributed by atoms with Gasteiger partial charge in [-0.2, -0.15) is 4.31 Å². The second kappa shape index (κ2) is 10.8. The van der Waals surface area contributed by atoms with Gasteiger partial charge in [-0.15, -0.1) is 0 Å². The van der Waals surface area contributed by atoms with Crippen LogP contribution >= 0.6 is 23.2 Å². The Morgan fingerprint density at radius 2 is 1.65 bits per heavy atom. The molecule has 0 spiro atoms. The van der Waals surface area contributed by atoms with Gasteiger partial charge in [0.05, 0.1) is 5.02 Å². The third kappa shape index (κ3) is 5.91. The van der Waals surface area contributed by atoms with E-state index in [-0.39, 0.29) is 34.8 Å². The van der Waals surface area contributed by atoms with E-state index in [2.05, 4.69) is 5.32 Å². The molecule has 4 rings (SSSR count). The van der Waals surface area contributed by atoms with Gasteiger partial charge in [0.25, 0.3) is 0 Å². The molecule has 1 N–H and O–H groups in total. The lowest BCUT2D eigenvalue weighted by Crippen LogP contribution is -2.41. The number of nitrogens with zero attached hydrogens (tertiary/aromatic N) is 1. The van der Waals surface area contributed by atoms with E-state index in [0.29, 0.717) is 35.9 Å². The number of sulfonamides is 1. The highest BCUT2D eigenvalue weighted by Crippen LogP contribution is 2.30. The van der Waals surface area contributed by atoms with Gasteiger partial charge < -0.3 is 10.1 Å². The molecule has 1 fully saturated rings. The van der Waals surface area contributed by atoms with Crippen LogP contribution in [0.1, 0.15) is 18.4 Å². The van der Waals surface area contributed by atoms with Crippen LogP contribution in [0.15, 0.2) is 77.7 Å². The van der Waals surface area contributed by atoms with E-state index in [4.69, 9.17) is 27.9 Å². The van der Waals surface area contributed by atoms with Gasteiger partial charge in [0.2, 0.25) is 15.9 Å². The fourth-order valence-electron chi connectivity index (χ4n) is 3.79. The maximum atomic E-state index is 13.0. The van der Waals surface area contributed by atoms with E-state index in [1.807, 2.05) is 42.5 Å². The highest BCUT2D eigenvalue weighted by atomic mass is 35.5. The molecule has 0 aliphatic carbocycles. The first-order valence-electron chi connectivity index (χ1n) is 10.9. The van der Waals surface area contributed by atoms with Crippen LogP contribution in [0.2, 0.25) is 10.0 Å². The van der Waals surface area contributed by atoms with E-state index < -0.39 is 10.0 Å². The average Bonchev–Trinajstić information content (AvgIpc) is 2.85. The van der Waals surface area contributed by atoms with Gasteiger partial charge in [0.15, 0.2) is 0 Å². The molecule has 0 radical (unpaired) electrons.